The maximum atomic E-state index is 12.9. The molecule has 0 aliphatic carbocycles. The van der Waals surface area contributed by atoms with E-state index < -0.39 is 17.6 Å². The van der Waals surface area contributed by atoms with Crippen LogP contribution in [0.3, 0.4) is 0 Å². The minimum absolute atomic E-state index is 0.0278. The molecular weight excluding hydrogens is 441 g/mol. The summed E-state index contributed by atoms with van der Waals surface area (Å²) in [4.78, 5) is 19.2. The van der Waals surface area contributed by atoms with Crippen LogP contribution in [0.25, 0.3) is 11.3 Å². The van der Waals surface area contributed by atoms with E-state index in [1.54, 1.807) is 12.1 Å². The van der Waals surface area contributed by atoms with E-state index in [9.17, 15) is 18.0 Å². The van der Waals surface area contributed by atoms with Crippen molar-refractivity contribution in [2.24, 2.45) is 0 Å². The number of nitrogens with two attached hydrogens (primary N) is 1. The second-order valence-electron chi connectivity index (χ2n) is 7.25. The van der Waals surface area contributed by atoms with Gasteiger partial charge in [-0.2, -0.15) is 13.2 Å². The summed E-state index contributed by atoms with van der Waals surface area (Å²) in [5.41, 5.74) is 8.91. The molecule has 1 aromatic heterocycles. The second-order valence-corrected chi connectivity index (χ2v) is 7.25. The average Bonchev–Trinajstić information content (AvgIpc) is 2.85. The van der Waals surface area contributed by atoms with E-state index in [1.165, 1.54) is 18.3 Å². The minimum atomic E-state index is -4.43. The quantitative estimate of drug-likeness (QED) is 0.405. The van der Waals surface area contributed by atoms with Crippen LogP contribution >= 0.6 is 0 Å². The van der Waals surface area contributed by atoms with Crippen LogP contribution in [0.5, 0.6) is 0 Å². The molecule has 0 spiro atoms. The first-order valence-electron chi connectivity index (χ1n) is 11.3. The van der Waals surface area contributed by atoms with Crippen LogP contribution in [0.15, 0.2) is 60.8 Å². The third-order valence-electron chi connectivity index (χ3n) is 5.17. The highest BCUT2D eigenvalue weighted by atomic mass is 19.4. The number of hydrogen-bond donors (Lipinski definition) is 2. The average molecular weight is 473 g/mol. The predicted octanol–water partition coefficient (Wildman–Crippen LogP) is 6.15. The van der Waals surface area contributed by atoms with E-state index in [2.05, 4.69) is 29.0 Å². The van der Waals surface area contributed by atoms with Gasteiger partial charge in [-0.1, -0.05) is 26.0 Å². The van der Waals surface area contributed by atoms with Crippen LogP contribution in [0.1, 0.15) is 49.2 Å². The van der Waals surface area contributed by atoms with Gasteiger partial charge in [0.05, 0.1) is 11.3 Å². The number of halogens is 3. The molecule has 182 valence electrons. The highest BCUT2D eigenvalue weighted by Gasteiger charge is 2.30. The molecule has 2 aromatic carbocycles. The van der Waals surface area contributed by atoms with E-state index in [1.807, 2.05) is 32.0 Å². The fraction of sp³-hybridized carbons (Fsp3) is 0.308. The van der Waals surface area contributed by atoms with E-state index >= 15 is 0 Å². The first kappa shape index (κ1) is 26.7. The smallest absolute Gasteiger partial charge is 0.398 e. The molecule has 3 N–H and O–H groups in total. The van der Waals surface area contributed by atoms with Crippen LogP contribution in [0.4, 0.5) is 24.5 Å². The Labute approximate surface area is 198 Å². The van der Waals surface area contributed by atoms with Crippen LogP contribution in [-0.4, -0.2) is 24.0 Å². The highest BCUT2D eigenvalue weighted by molar-refractivity contribution is 5.95. The Morgan fingerprint density at radius 1 is 1.03 bits per heavy atom. The summed E-state index contributed by atoms with van der Waals surface area (Å²) in [6.45, 7) is 9.77. The van der Waals surface area contributed by atoms with Gasteiger partial charge < -0.3 is 16.0 Å². The summed E-state index contributed by atoms with van der Waals surface area (Å²) in [5, 5.41) is 2.66. The summed E-state index contributed by atoms with van der Waals surface area (Å²) < 4.78 is 38.7. The zero-order chi connectivity index (χ0) is 25.3. The van der Waals surface area contributed by atoms with Crippen molar-refractivity contribution in [3.8, 4) is 11.3 Å². The number of hydrogen-bond acceptors (Lipinski definition) is 4. The van der Waals surface area contributed by atoms with Crippen molar-refractivity contribution in [1.29, 1.82) is 0 Å². The Bertz CT molecular complexity index is 1100. The first-order valence-corrected chi connectivity index (χ1v) is 11.3. The molecule has 1 heterocycles. The third-order valence-corrected chi connectivity index (χ3v) is 5.17. The normalized spacial score (nSPS) is 10.8. The lowest BCUT2D eigenvalue weighted by atomic mass is 10.1. The molecule has 0 fully saturated rings. The summed E-state index contributed by atoms with van der Waals surface area (Å²) in [6, 6.07) is 13.7. The van der Waals surface area contributed by atoms with E-state index in [0.29, 0.717) is 28.1 Å². The maximum absolute atomic E-state index is 12.9. The molecule has 34 heavy (non-hydrogen) atoms. The number of pyridine rings is 1. The van der Waals surface area contributed by atoms with Crippen LogP contribution < -0.4 is 16.0 Å². The Hall–Kier alpha value is -3.55. The Balaban J connectivity index is 0.00000199. The number of rotatable bonds is 7. The zero-order valence-corrected chi connectivity index (χ0v) is 19.9. The van der Waals surface area contributed by atoms with Gasteiger partial charge in [-0.05, 0) is 61.9 Å². The summed E-state index contributed by atoms with van der Waals surface area (Å²) in [5.74, 6) is -0.412. The molecule has 0 radical (unpaired) electrons. The van der Waals surface area contributed by atoms with Gasteiger partial charge in [-0.3, -0.25) is 9.78 Å². The lowest BCUT2D eigenvalue weighted by molar-refractivity contribution is -0.137. The number of benzene rings is 2. The number of anilines is 2. The molecule has 0 saturated carbocycles. The van der Waals surface area contributed by atoms with Crippen molar-refractivity contribution in [1.82, 2.24) is 10.3 Å². The zero-order valence-electron chi connectivity index (χ0n) is 19.9. The van der Waals surface area contributed by atoms with Crippen molar-refractivity contribution in [3.63, 3.8) is 0 Å². The molecule has 0 atom stereocenters. The van der Waals surface area contributed by atoms with Crippen molar-refractivity contribution in [2.45, 2.75) is 40.4 Å². The number of carbonyl (C=O) groups is 1. The largest absolute Gasteiger partial charge is 0.416 e. The standard InChI is InChI=1S/C24H25F3N4O.C2H6/c1-3-31(4-2)19-8-9-21(28)20(14-19)22-13-17(10-11-29-22)23(32)30-15-16-6-5-7-18(12-16)24(25,26)27;1-2/h5-14H,3-4,15,28H2,1-2H3,(H,30,32);1-2H3. The van der Waals surface area contributed by atoms with Gasteiger partial charge in [-0.25, -0.2) is 0 Å². The summed E-state index contributed by atoms with van der Waals surface area (Å²) in [6.07, 6.45) is -2.92. The molecule has 3 aromatic rings. The monoisotopic (exact) mass is 472 g/mol. The van der Waals surface area contributed by atoms with Crippen molar-refractivity contribution in [2.75, 3.05) is 23.7 Å². The van der Waals surface area contributed by atoms with Crippen molar-refractivity contribution >= 4 is 17.3 Å². The molecule has 0 saturated heterocycles. The van der Waals surface area contributed by atoms with Crippen molar-refractivity contribution < 1.29 is 18.0 Å². The second kappa shape index (κ2) is 12.1. The minimum Gasteiger partial charge on any atom is -0.398 e. The molecule has 1 amide bonds. The molecule has 3 rings (SSSR count). The lowest BCUT2D eigenvalue weighted by Crippen LogP contribution is -2.23. The molecule has 8 heteroatoms. The number of nitrogen functional groups attached to an aromatic ring is 1. The number of amides is 1. The molecule has 0 bridgehead atoms. The van der Waals surface area contributed by atoms with Crippen LogP contribution in [0.2, 0.25) is 0 Å². The lowest BCUT2D eigenvalue weighted by Gasteiger charge is -2.22. The van der Waals surface area contributed by atoms with Gasteiger partial charge in [0.15, 0.2) is 0 Å². The van der Waals surface area contributed by atoms with Gasteiger partial charge in [0.2, 0.25) is 0 Å². The molecule has 0 aliphatic rings. The van der Waals surface area contributed by atoms with E-state index in [4.69, 9.17) is 5.73 Å². The highest BCUT2D eigenvalue weighted by Crippen LogP contribution is 2.30. The van der Waals surface area contributed by atoms with Crippen LogP contribution in [0, 0.1) is 0 Å². The third kappa shape index (κ3) is 6.73. The summed E-state index contributed by atoms with van der Waals surface area (Å²) in [7, 11) is 0. The SMILES string of the molecule is CC.CCN(CC)c1ccc(N)c(-c2cc(C(=O)NCc3cccc(C(F)(F)F)c3)ccn2)c1. The number of nitrogens with one attached hydrogen (secondary N) is 1. The predicted molar refractivity (Wildman–Crippen MR) is 132 cm³/mol. The fourth-order valence-electron chi connectivity index (χ4n) is 3.41. The maximum Gasteiger partial charge on any atom is 0.416 e. The fourth-order valence-corrected chi connectivity index (χ4v) is 3.41. The van der Waals surface area contributed by atoms with Gasteiger partial charge in [0, 0.05) is 48.3 Å². The number of nitrogens with zero attached hydrogens (tertiary/aromatic N) is 2. The van der Waals surface area contributed by atoms with Gasteiger partial charge in [-0.15, -0.1) is 0 Å². The van der Waals surface area contributed by atoms with E-state index in [0.717, 1.165) is 30.9 Å². The molecule has 5 nitrogen and oxygen atoms in total. The summed E-state index contributed by atoms with van der Waals surface area (Å²) >= 11 is 0. The first-order chi connectivity index (χ1) is 16.2. The number of aromatic nitrogens is 1. The number of carbonyl (C=O) groups excluding carboxylic acids is 1. The Morgan fingerprint density at radius 3 is 2.38 bits per heavy atom. The Kier molecular flexibility index (Phi) is 9.47. The van der Waals surface area contributed by atoms with Gasteiger partial charge in [0.25, 0.3) is 5.91 Å². The number of alkyl halides is 3. The van der Waals surface area contributed by atoms with Gasteiger partial charge in [0.1, 0.15) is 0 Å². The topological polar surface area (TPSA) is 71.2 Å². The Morgan fingerprint density at radius 2 is 1.74 bits per heavy atom. The van der Waals surface area contributed by atoms with Gasteiger partial charge >= 0.3 is 6.18 Å². The van der Waals surface area contributed by atoms with Crippen molar-refractivity contribution in [3.05, 3.63) is 77.5 Å². The molecular formula is C26H31F3N4O. The van der Waals surface area contributed by atoms with E-state index in [-0.39, 0.29) is 6.54 Å². The molecule has 0 aliphatic heterocycles. The molecule has 0 unspecified atom stereocenters. The van der Waals surface area contributed by atoms with Crippen LogP contribution in [-0.2, 0) is 12.7 Å².